The first-order valence-corrected chi connectivity index (χ1v) is 17.7. The summed E-state index contributed by atoms with van der Waals surface area (Å²) in [5.74, 6) is 1.70. The van der Waals surface area contributed by atoms with Crippen molar-refractivity contribution in [2.75, 3.05) is 107 Å². The number of halogens is 3. The SMILES string of the molecule is C1OCC2COCC1N2.CC1(C)COCCN1c1nc(Cl)nc(Cl)n1.CC1(C)COCCN1c1nc(Cl)nc(N2C3COCC2COC3)n1. The minimum Gasteiger partial charge on any atom is -0.378 e. The van der Waals surface area contributed by atoms with Crippen molar-refractivity contribution in [1.29, 1.82) is 0 Å². The Labute approximate surface area is 301 Å². The second kappa shape index (κ2) is 16.1. The largest absolute Gasteiger partial charge is 0.378 e. The molecule has 19 heteroatoms. The summed E-state index contributed by atoms with van der Waals surface area (Å²) in [7, 11) is 0. The zero-order valence-electron chi connectivity index (χ0n) is 28.3. The average molecular weight is 748 g/mol. The first-order chi connectivity index (χ1) is 23.5. The van der Waals surface area contributed by atoms with Crippen molar-refractivity contribution in [3.63, 3.8) is 0 Å². The summed E-state index contributed by atoms with van der Waals surface area (Å²) >= 11 is 17.7. The molecule has 2 aromatic heterocycles. The summed E-state index contributed by atoms with van der Waals surface area (Å²) in [4.78, 5) is 31.7. The number of fused-ring (bicyclic) bond motifs is 4. The Balaban J connectivity index is 0.000000142. The number of hydrogen-bond acceptors (Lipinski definition) is 16. The quantitative estimate of drug-likeness (QED) is 0.486. The molecule has 6 fully saturated rings. The van der Waals surface area contributed by atoms with Crippen LogP contribution in [0.1, 0.15) is 27.7 Å². The molecule has 0 spiro atoms. The van der Waals surface area contributed by atoms with Crippen molar-refractivity contribution in [3.8, 4) is 0 Å². The highest BCUT2D eigenvalue weighted by atomic mass is 35.5. The molecule has 2 aromatic rings. The summed E-state index contributed by atoms with van der Waals surface area (Å²) < 4.78 is 32.9. The van der Waals surface area contributed by atoms with Crippen LogP contribution in [0.15, 0.2) is 0 Å². The third kappa shape index (κ3) is 9.28. The number of aromatic nitrogens is 6. The van der Waals surface area contributed by atoms with E-state index in [0.717, 1.165) is 33.0 Å². The second-order valence-corrected chi connectivity index (χ2v) is 14.9. The predicted molar refractivity (Wildman–Crippen MR) is 183 cm³/mol. The van der Waals surface area contributed by atoms with Crippen LogP contribution in [-0.2, 0) is 28.4 Å². The highest BCUT2D eigenvalue weighted by molar-refractivity contribution is 6.31. The number of anilines is 3. The monoisotopic (exact) mass is 746 g/mol. The molecule has 0 radical (unpaired) electrons. The Morgan fingerprint density at radius 2 is 0.918 bits per heavy atom. The lowest BCUT2D eigenvalue weighted by Gasteiger charge is -2.46. The van der Waals surface area contributed by atoms with E-state index in [4.69, 9.17) is 68.2 Å². The van der Waals surface area contributed by atoms with E-state index in [9.17, 15) is 0 Å². The fraction of sp³-hybridized carbons (Fsp3) is 0.800. The first-order valence-electron chi connectivity index (χ1n) is 16.5. The van der Waals surface area contributed by atoms with Crippen LogP contribution in [0.5, 0.6) is 0 Å². The number of ether oxygens (including phenoxy) is 6. The van der Waals surface area contributed by atoms with Gasteiger partial charge in [0.05, 0.1) is 115 Å². The number of nitrogens with one attached hydrogen (secondary N) is 1. The molecule has 0 saturated carbocycles. The van der Waals surface area contributed by atoms with Crippen molar-refractivity contribution in [1.82, 2.24) is 35.2 Å². The molecule has 8 heterocycles. The Morgan fingerprint density at radius 3 is 1.35 bits per heavy atom. The first kappa shape index (κ1) is 36.8. The summed E-state index contributed by atoms with van der Waals surface area (Å²) in [6, 6.07) is 1.14. The fourth-order valence-electron chi connectivity index (χ4n) is 6.51. The van der Waals surface area contributed by atoms with E-state index < -0.39 is 0 Å². The molecule has 6 saturated heterocycles. The molecule has 272 valence electrons. The Kier molecular flexibility index (Phi) is 12.1. The van der Waals surface area contributed by atoms with Crippen LogP contribution in [-0.4, -0.2) is 158 Å². The van der Waals surface area contributed by atoms with Gasteiger partial charge in [0.2, 0.25) is 33.7 Å². The normalized spacial score (nSPS) is 28.8. The van der Waals surface area contributed by atoms with E-state index >= 15 is 0 Å². The molecule has 4 bridgehead atoms. The summed E-state index contributed by atoms with van der Waals surface area (Å²) in [6.07, 6.45) is 0. The van der Waals surface area contributed by atoms with Crippen molar-refractivity contribution >= 4 is 52.6 Å². The van der Waals surface area contributed by atoms with E-state index in [1.807, 2.05) is 4.90 Å². The maximum Gasteiger partial charge on any atom is 0.232 e. The van der Waals surface area contributed by atoms with E-state index in [-0.39, 0.29) is 39.0 Å². The van der Waals surface area contributed by atoms with Gasteiger partial charge in [0, 0.05) is 13.1 Å². The molecule has 0 aromatic carbocycles. The van der Waals surface area contributed by atoms with E-state index in [0.29, 0.717) is 89.3 Å². The van der Waals surface area contributed by atoms with Crippen molar-refractivity contribution in [2.24, 2.45) is 0 Å². The third-order valence-electron chi connectivity index (χ3n) is 8.93. The minimum atomic E-state index is -0.190. The average Bonchev–Trinajstić information content (AvgIpc) is 3.04. The van der Waals surface area contributed by atoms with Gasteiger partial charge in [0.15, 0.2) is 0 Å². The highest BCUT2D eigenvalue weighted by Gasteiger charge is 2.39. The molecule has 8 rings (SSSR count). The zero-order chi connectivity index (χ0) is 34.6. The van der Waals surface area contributed by atoms with Gasteiger partial charge < -0.3 is 48.4 Å². The molecule has 6 aliphatic rings. The number of hydrogen-bond donors (Lipinski definition) is 1. The summed E-state index contributed by atoms with van der Waals surface area (Å²) in [5, 5.41) is 3.83. The van der Waals surface area contributed by atoms with Crippen molar-refractivity contribution < 1.29 is 28.4 Å². The summed E-state index contributed by atoms with van der Waals surface area (Å²) in [6.45, 7) is 18.0. The Hall–Kier alpha value is -1.99. The molecule has 0 unspecified atom stereocenters. The third-order valence-corrected chi connectivity index (χ3v) is 9.44. The van der Waals surface area contributed by atoms with Crippen LogP contribution in [0, 0.1) is 0 Å². The van der Waals surface area contributed by atoms with Crippen LogP contribution < -0.4 is 20.0 Å². The van der Waals surface area contributed by atoms with Gasteiger partial charge in [0.1, 0.15) is 0 Å². The van der Waals surface area contributed by atoms with Gasteiger partial charge >= 0.3 is 0 Å². The van der Waals surface area contributed by atoms with Gasteiger partial charge in [-0.3, -0.25) is 0 Å². The molecule has 1 N–H and O–H groups in total. The van der Waals surface area contributed by atoms with Crippen molar-refractivity contribution in [3.05, 3.63) is 15.9 Å². The molecule has 16 nitrogen and oxygen atoms in total. The van der Waals surface area contributed by atoms with Gasteiger partial charge in [-0.05, 0) is 62.5 Å². The van der Waals surface area contributed by atoms with E-state index in [2.05, 4.69) is 67.7 Å². The lowest BCUT2D eigenvalue weighted by atomic mass is 10.0. The Morgan fingerprint density at radius 1 is 0.531 bits per heavy atom. The van der Waals surface area contributed by atoms with Gasteiger partial charge in [0.25, 0.3) is 0 Å². The molecule has 6 aliphatic heterocycles. The minimum absolute atomic E-state index is 0.109. The maximum absolute atomic E-state index is 6.23. The fourth-order valence-corrected chi connectivity index (χ4v) is 7.02. The van der Waals surface area contributed by atoms with Crippen LogP contribution in [0.3, 0.4) is 0 Å². The zero-order valence-corrected chi connectivity index (χ0v) is 30.6. The topological polar surface area (TPSA) is 154 Å². The lowest BCUT2D eigenvalue weighted by molar-refractivity contribution is -0.0556. The Bertz CT molecular complexity index is 1350. The van der Waals surface area contributed by atoms with Crippen LogP contribution in [0.25, 0.3) is 0 Å². The van der Waals surface area contributed by atoms with Gasteiger partial charge in [-0.1, -0.05) is 0 Å². The van der Waals surface area contributed by atoms with Crippen LogP contribution in [0.2, 0.25) is 15.9 Å². The predicted octanol–water partition coefficient (Wildman–Crippen LogP) is 1.91. The molecule has 49 heavy (non-hydrogen) atoms. The van der Waals surface area contributed by atoms with Gasteiger partial charge in [-0.25, -0.2) is 0 Å². The smallest absolute Gasteiger partial charge is 0.232 e. The highest BCUT2D eigenvalue weighted by Crippen LogP contribution is 2.30. The van der Waals surface area contributed by atoms with Gasteiger partial charge in [-0.2, -0.15) is 29.9 Å². The number of rotatable bonds is 3. The van der Waals surface area contributed by atoms with Crippen molar-refractivity contribution in [2.45, 2.75) is 62.9 Å². The lowest BCUT2D eigenvalue weighted by Crippen LogP contribution is -2.60. The molecule has 0 aliphatic carbocycles. The van der Waals surface area contributed by atoms with E-state index in [1.165, 1.54) is 0 Å². The molecule has 0 amide bonds. The van der Waals surface area contributed by atoms with Crippen LogP contribution in [0.4, 0.5) is 17.8 Å². The standard InChI is InChI=1S/C15H22ClN5O3.C9H12Cl2N4O.C6H11NO2/c1-15(2)9-22-4-3-20(15)13-17-12(16)18-14(19-13)21-10-5-23-7-11(21)8-24-6-10;1-9(2)5-16-4-3-15(9)8-13-6(10)12-7(11)14-8;1-5-2-9-4-6(7-5)3-8-1/h10-11H,3-9H2,1-2H3;3-5H2,1-2H3;5-7H,1-4H2. The number of nitrogens with zero attached hydrogens (tertiary/aromatic N) is 9. The van der Waals surface area contributed by atoms with Crippen LogP contribution >= 0.6 is 34.8 Å². The maximum atomic E-state index is 6.23. The number of morpholine rings is 6. The second-order valence-electron chi connectivity index (χ2n) is 13.8. The molecule has 0 atom stereocenters. The van der Waals surface area contributed by atoms with E-state index in [1.54, 1.807) is 0 Å². The summed E-state index contributed by atoms with van der Waals surface area (Å²) in [5.41, 5.74) is -0.365. The molecular weight excluding hydrogens is 703 g/mol. The van der Waals surface area contributed by atoms with Gasteiger partial charge in [-0.15, -0.1) is 0 Å². The molecular formula is C30H45Cl3N10O6.